The second-order valence-corrected chi connectivity index (χ2v) is 7.63. The van der Waals surface area contributed by atoms with Crippen LogP contribution >= 0.6 is 0 Å². The van der Waals surface area contributed by atoms with E-state index in [1.165, 1.54) is 0 Å². The zero-order chi connectivity index (χ0) is 20.7. The molecule has 1 fully saturated rings. The molecule has 1 atom stereocenters. The first kappa shape index (κ1) is 21.7. The molecule has 0 aromatic carbocycles. The topological polar surface area (TPSA) is 93.2 Å². The molecule has 1 aliphatic rings. The number of piperazine rings is 1. The van der Waals surface area contributed by atoms with Gasteiger partial charge >= 0.3 is 12.1 Å². The molecule has 9 heteroatoms. The third-order valence-corrected chi connectivity index (χ3v) is 4.07. The smallest absolute Gasteiger partial charge is 0.410 e. The number of carbonyl (C=O) groups is 2. The molecule has 1 aromatic rings. The van der Waals surface area contributed by atoms with E-state index in [-0.39, 0.29) is 18.2 Å². The van der Waals surface area contributed by atoms with E-state index in [9.17, 15) is 9.59 Å². The first-order chi connectivity index (χ1) is 13.2. The molecule has 1 aromatic heterocycles. The van der Waals surface area contributed by atoms with Gasteiger partial charge in [-0.15, -0.1) is 0 Å². The van der Waals surface area contributed by atoms with Crippen LogP contribution in [0.5, 0.6) is 5.88 Å². The zero-order valence-electron chi connectivity index (χ0n) is 17.2. The number of ether oxygens (including phenoxy) is 3. The van der Waals surface area contributed by atoms with Gasteiger partial charge in [0.05, 0.1) is 18.5 Å². The Kier molecular flexibility index (Phi) is 7.45. The summed E-state index contributed by atoms with van der Waals surface area (Å²) in [5.41, 5.74) is 0.0345. The van der Waals surface area contributed by atoms with E-state index in [2.05, 4.69) is 10.3 Å². The van der Waals surface area contributed by atoms with Gasteiger partial charge in [-0.2, -0.15) is 0 Å². The monoisotopic (exact) mass is 394 g/mol. The van der Waals surface area contributed by atoms with Crippen molar-refractivity contribution in [2.24, 2.45) is 0 Å². The van der Waals surface area contributed by atoms with Gasteiger partial charge in [0, 0.05) is 38.9 Å². The van der Waals surface area contributed by atoms with Crippen LogP contribution in [-0.4, -0.2) is 78.5 Å². The summed E-state index contributed by atoms with van der Waals surface area (Å²) in [6, 6.07) is 3.06. The van der Waals surface area contributed by atoms with Crippen LogP contribution in [0.1, 0.15) is 27.7 Å². The van der Waals surface area contributed by atoms with Crippen LogP contribution in [0, 0.1) is 0 Å². The van der Waals surface area contributed by atoms with E-state index in [1.54, 1.807) is 35.2 Å². The van der Waals surface area contributed by atoms with E-state index in [4.69, 9.17) is 14.2 Å². The molecule has 0 unspecified atom stereocenters. The molecular weight excluding hydrogens is 364 g/mol. The maximum atomic E-state index is 12.6. The molecule has 0 aliphatic carbocycles. The third kappa shape index (κ3) is 6.56. The lowest BCUT2D eigenvalue weighted by Gasteiger charge is -2.40. The molecule has 0 radical (unpaired) electrons. The molecule has 1 N–H and O–H groups in total. The molecule has 9 nitrogen and oxygen atoms in total. The summed E-state index contributed by atoms with van der Waals surface area (Å²) >= 11 is 0. The highest BCUT2D eigenvalue weighted by atomic mass is 16.6. The summed E-state index contributed by atoms with van der Waals surface area (Å²) in [7, 11) is 1.60. The lowest BCUT2D eigenvalue weighted by molar-refractivity contribution is 0.0112. The number of urea groups is 1. The Morgan fingerprint density at radius 1 is 1.25 bits per heavy atom. The number of carbonyl (C=O) groups excluding carboxylic acids is 2. The van der Waals surface area contributed by atoms with E-state index < -0.39 is 5.60 Å². The number of pyridine rings is 1. The Morgan fingerprint density at radius 3 is 2.57 bits per heavy atom. The Hall–Kier alpha value is -2.55. The minimum Gasteiger partial charge on any atom is -0.475 e. The number of anilines is 1. The van der Waals surface area contributed by atoms with Gasteiger partial charge in [-0.25, -0.2) is 14.6 Å². The minimum atomic E-state index is -0.540. The van der Waals surface area contributed by atoms with Crippen molar-refractivity contribution in [1.29, 1.82) is 0 Å². The van der Waals surface area contributed by atoms with Crippen molar-refractivity contribution in [2.75, 3.05) is 45.3 Å². The maximum absolute atomic E-state index is 12.6. The molecule has 1 aliphatic heterocycles. The van der Waals surface area contributed by atoms with Crippen molar-refractivity contribution in [3.05, 3.63) is 18.3 Å². The number of nitrogens with zero attached hydrogens (tertiary/aromatic N) is 3. The van der Waals surface area contributed by atoms with Crippen LogP contribution in [0.15, 0.2) is 18.3 Å². The second-order valence-electron chi connectivity index (χ2n) is 7.63. The average Bonchev–Trinajstić information content (AvgIpc) is 2.61. The van der Waals surface area contributed by atoms with Gasteiger partial charge in [0.25, 0.3) is 0 Å². The van der Waals surface area contributed by atoms with Crippen LogP contribution in [0.25, 0.3) is 0 Å². The van der Waals surface area contributed by atoms with Crippen LogP contribution in [0.2, 0.25) is 0 Å². The number of amides is 3. The summed E-state index contributed by atoms with van der Waals surface area (Å²) < 4.78 is 15.7. The van der Waals surface area contributed by atoms with Crippen LogP contribution in [-0.2, 0) is 9.47 Å². The Morgan fingerprint density at radius 2 is 2.00 bits per heavy atom. The van der Waals surface area contributed by atoms with Gasteiger partial charge in [-0.1, -0.05) is 0 Å². The van der Waals surface area contributed by atoms with Crippen molar-refractivity contribution < 1.29 is 23.8 Å². The average molecular weight is 394 g/mol. The molecule has 0 spiro atoms. The standard InChI is InChI=1S/C19H30N4O5/c1-14-13-22(18(25)28-19(2,3)4)8-9-23(14)17(24)21-15-6-7-16(20-12-15)27-11-10-26-5/h6-7,12,14H,8-11,13H2,1-5H3,(H,21,24)/t14-/m0/s1. The summed E-state index contributed by atoms with van der Waals surface area (Å²) in [5, 5.41) is 2.83. The lowest BCUT2D eigenvalue weighted by Crippen LogP contribution is -2.57. The van der Waals surface area contributed by atoms with Crippen molar-refractivity contribution in [3.63, 3.8) is 0 Å². The van der Waals surface area contributed by atoms with Gasteiger partial charge in [-0.3, -0.25) is 0 Å². The fourth-order valence-corrected chi connectivity index (χ4v) is 2.72. The summed E-state index contributed by atoms with van der Waals surface area (Å²) in [4.78, 5) is 32.3. The number of rotatable bonds is 5. The number of hydrogen-bond acceptors (Lipinski definition) is 6. The van der Waals surface area contributed by atoms with E-state index >= 15 is 0 Å². The van der Waals surface area contributed by atoms with E-state index in [1.807, 2.05) is 27.7 Å². The van der Waals surface area contributed by atoms with Crippen molar-refractivity contribution in [2.45, 2.75) is 39.3 Å². The lowest BCUT2D eigenvalue weighted by atomic mass is 10.2. The molecule has 2 heterocycles. The fourth-order valence-electron chi connectivity index (χ4n) is 2.72. The largest absolute Gasteiger partial charge is 0.475 e. The van der Waals surface area contributed by atoms with E-state index in [0.29, 0.717) is 44.4 Å². The zero-order valence-corrected chi connectivity index (χ0v) is 17.2. The number of hydrogen-bond donors (Lipinski definition) is 1. The molecular formula is C19H30N4O5. The van der Waals surface area contributed by atoms with Gasteiger partial charge in [0.1, 0.15) is 12.2 Å². The normalized spacial score (nSPS) is 17.2. The number of aromatic nitrogens is 1. The Balaban J connectivity index is 1.85. The highest BCUT2D eigenvalue weighted by molar-refractivity contribution is 5.89. The molecule has 3 amide bonds. The SMILES string of the molecule is COCCOc1ccc(NC(=O)N2CCN(C(=O)OC(C)(C)C)C[C@@H]2C)cn1. The van der Waals surface area contributed by atoms with Crippen molar-refractivity contribution >= 4 is 17.8 Å². The van der Waals surface area contributed by atoms with Crippen LogP contribution in [0.4, 0.5) is 15.3 Å². The van der Waals surface area contributed by atoms with Crippen molar-refractivity contribution in [1.82, 2.24) is 14.8 Å². The second kappa shape index (κ2) is 9.59. The summed E-state index contributed by atoms with van der Waals surface area (Å²) in [5.74, 6) is 0.467. The first-order valence-corrected chi connectivity index (χ1v) is 9.33. The minimum absolute atomic E-state index is 0.133. The quantitative estimate of drug-likeness (QED) is 0.772. The molecule has 156 valence electrons. The summed E-state index contributed by atoms with van der Waals surface area (Å²) in [6.07, 6.45) is 1.19. The predicted molar refractivity (Wildman–Crippen MR) is 105 cm³/mol. The predicted octanol–water partition coefficient (Wildman–Crippen LogP) is 2.58. The van der Waals surface area contributed by atoms with Crippen LogP contribution in [0.3, 0.4) is 0 Å². The Labute approximate surface area is 165 Å². The maximum Gasteiger partial charge on any atom is 0.410 e. The summed E-state index contributed by atoms with van der Waals surface area (Å²) in [6.45, 7) is 9.57. The molecule has 1 saturated heterocycles. The third-order valence-electron chi connectivity index (χ3n) is 4.07. The highest BCUT2D eigenvalue weighted by Gasteiger charge is 2.32. The van der Waals surface area contributed by atoms with E-state index in [0.717, 1.165) is 0 Å². The molecule has 0 saturated carbocycles. The molecule has 2 rings (SSSR count). The number of methoxy groups -OCH3 is 1. The van der Waals surface area contributed by atoms with Crippen molar-refractivity contribution in [3.8, 4) is 5.88 Å². The Bertz CT molecular complexity index is 659. The number of nitrogens with one attached hydrogen (secondary N) is 1. The van der Waals surface area contributed by atoms with Gasteiger partial charge in [-0.05, 0) is 33.8 Å². The molecule has 28 heavy (non-hydrogen) atoms. The fraction of sp³-hybridized carbons (Fsp3) is 0.632. The first-order valence-electron chi connectivity index (χ1n) is 9.33. The highest BCUT2D eigenvalue weighted by Crippen LogP contribution is 2.17. The van der Waals surface area contributed by atoms with Gasteiger partial charge in [0.15, 0.2) is 0 Å². The van der Waals surface area contributed by atoms with Gasteiger partial charge in [0.2, 0.25) is 5.88 Å². The molecule has 0 bridgehead atoms. The van der Waals surface area contributed by atoms with Crippen LogP contribution < -0.4 is 10.1 Å². The van der Waals surface area contributed by atoms with Gasteiger partial charge < -0.3 is 29.3 Å².